The van der Waals surface area contributed by atoms with Gasteiger partial charge < -0.3 is 5.32 Å². The number of nitriles is 1. The van der Waals surface area contributed by atoms with Gasteiger partial charge in [-0.3, -0.25) is 4.79 Å². The van der Waals surface area contributed by atoms with Crippen LogP contribution in [0.4, 0.5) is 0 Å². The van der Waals surface area contributed by atoms with Crippen molar-refractivity contribution in [2.75, 3.05) is 12.0 Å². The van der Waals surface area contributed by atoms with Crippen molar-refractivity contribution in [1.29, 1.82) is 5.26 Å². The van der Waals surface area contributed by atoms with Crippen molar-refractivity contribution in [3.63, 3.8) is 0 Å². The lowest BCUT2D eigenvalue weighted by Crippen LogP contribution is -2.34. The first-order chi connectivity index (χ1) is 5.74. The summed E-state index contributed by atoms with van der Waals surface area (Å²) in [6.45, 7) is 1.99. The SMILES string of the molecule is CCCC(C#N)NC(=O)CSC. The monoisotopic (exact) mass is 186 g/mol. The molecule has 0 spiro atoms. The molecule has 0 aromatic heterocycles. The molecule has 1 atom stereocenters. The van der Waals surface area contributed by atoms with E-state index in [0.29, 0.717) is 5.75 Å². The Kier molecular flexibility index (Phi) is 6.58. The maximum absolute atomic E-state index is 11.0. The zero-order chi connectivity index (χ0) is 9.40. The maximum atomic E-state index is 11.0. The highest BCUT2D eigenvalue weighted by Gasteiger charge is 2.08. The zero-order valence-corrected chi connectivity index (χ0v) is 8.28. The Morgan fingerprint density at radius 3 is 2.83 bits per heavy atom. The van der Waals surface area contributed by atoms with Crippen LogP contribution in [0.3, 0.4) is 0 Å². The van der Waals surface area contributed by atoms with Gasteiger partial charge in [0, 0.05) is 0 Å². The lowest BCUT2D eigenvalue weighted by molar-refractivity contribution is -0.118. The molecule has 1 N–H and O–H groups in total. The number of amides is 1. The molecule has 12 heavy (non-hydrogen) atoms. The standard InChI is InChI=1S/C8H14N2OS/c1-3-4-7(5-9)10-8(11)6-12-2/h7H,3-4,6H2,1-2H3,(H,10,11). The fourth-order valence-electron chi connectivity index (χ4n) is 0.825. The molecule has 0 radical (unpaired) electrons. The highest BCUT2D eigenvalue weighted by Crippen LogP contribution is 1.96. The van der Waals surface area contributed by atoms with E-state index >= 15 is 0 Å². The summed E-state index contributed by atoms with van der Waals surface area (Å²) < 4.78 is 0. The highest BCUT2D eigenvalue weighted by atomic mass is 32.2. The summed E-state index contributed by atoms with van der Waals surface area (Å²) in [6.07, 6.45) is 3.51. The molecule has 68 valence electrons. The van der Waals surface area contributed by atoms with Gasteiger partial charge in [-0.15, -0.1) is 0 Å². The van der Waals surface area contributed by atoms with Crippen molar-refractivity contribution in [1.82, 2.24) is 5.32 Å². The normalized spacial score (nSPS) is 11.8. The highest BCUT2D eigenvalue weighted by molar-refractivity contribution is 7.99. The molecule has 0 heterocycles. The summed E-state index contributed by atoms with van der Waals surface area (Å²) in [7, 11) is 0. The van der Waals surface area contributed by atoms with Crippen LogP contribution in [-0.4, -0.2) is 24.0 Å². The fourth-order valence-corrected chi connectivity index (χ4v) is 1.17. The molecule has 0 aliphatic rings. The maximum Gasteiger partial charge on any atom is 0.231 e. The summed E-state index contributed by atoms with van der Waals surface area (Å²) >= 11 is 1.46. The fraction of sp³-hybridized carbons (Fsp3) is 0.750. The van der Waals surface area contributed by atoms with Crippen LogP contribution < -0.4 is 5.32 Å². The third-order valence-corrected chi connectivity index (χ3v) is 1.89. The van der Waals surface area contributed by atoms with Gasteiger partial charge in [-0.1, -0.05) is 13.3 Å². The van der Waals surface area contributed by atoms with Crippen molar-refractivity contribution in [3.05, 3.63) is 0 Å². The van der Waals surface area contributed by atoms with Crippen LogP contribution in [0.15, 0.2) is 0 Å². The number of carbonyl (C=O) groups excluding carboxylic acids is 1. The third kappa shape index (κ3) is 5.03. The second-order valence-corrected chi connectivity index (χ2v) is 3.34. The largest absolute Gasteiger partial charge is 0.340 e. The number of nitrogens with one attached hydrogen (secondary N) is 1. The first-order valence-electron chi connectivity index (χ1n) is 3.92. The number of rotatable bonds is 5. The first-order valence-corrected chi connectivity index (χ1v) is 5.31. The number of nitrogens with zero attached hydrogens (tertiary/aromatic N) is 1. The van der Waals surface area contributed by atoms with Crippen LogP contribution in [0.2, 0.25) is 0 Å². The third-order valence-electron chi connectivity index (χ3n) is 1.34. The Bertz CT molecular complexity index is 176. The molecule has 0 aliphatic heterocycles. The van der Waals surface area contributed by atoms with E-state index in [0.717, 1.165) is 12.8 Å². The predicted octanol–water partition coefficient (Wildman–Crippen LogP) is 1.16. The van der Waals surface area contributed by atoms with Gasteiger partial charge in [0.1, 0.15) is 6.04 Å². The van der Waals surface area contributed by atoms with Crippen molar-refractivity contribution >= 4 is 17.7 Å². The van der Waals surface area contributed by atoms with Gasteiger partial charge in [-0.2, -0.15) is 17.0 Å². The molecule has 1 unspecified atom stereocenters. The van der Waals surface area contributed by atoms with Gasteiger partial charge in [0.05, 0.1) is 11.8 Å². The second kappa shape index (κ2) is 6.99. The predicted molar refractivity (Wildman–Crippen MR) is 50.8 cm³/mol. The van der Waals surface area contributed by atoms with Crippen LogP contribution >= 0.6 is 11.8 Å². The van der Waals surface area contributed by atoms with Crippen molar-refractivity contribution in [3.8, 4) is 6.07 Å². The van der Waals surface area contributed by atoms with E-state index in [2.05, 4.69) is 11.4 Å². The van der Waals surface area contributed by atoms with Gasteiger partial charge in [-0.05, 0) is 12.7 Å². The smallest absolute Gasteiger partial charge is 0.231 e. The van der Waals surface area contributed by atoms with E-state index in [1.165, 1.54) is 11.8 Å². The molecule has 0 fully saturated rings. The molecule has 1 amide bonds. The molecule has 3 nitrogen and oxygen atoms in total. The van der Waals surface area contributed by atoms with Crippen LogP contribution in [0.5, 0.6) is 0 Å². The molecular formula is C8H14N2OS. The molecule has 4 heteroatoms. The van der Waals surface area contributed by atoms with Gasteiger partial charge >= 0.3 is 0 Å². The lowest BCUT2D eigenvalue weighted by Gasteiger charge is -2.08. The summed E-state index contributed by atoms with van der Waals surface area (Å²) in [5.41, 5.74) is 0. The number of hydrogen-bond acceptors (Lipinski definition) is 3. The van der Waals surface area contributed by atoms with E-state index in [4.69, 9.17) is 5.26 Å². The number of carbonyl (C=O) groups is 1. The molecule has 0 aliphatic carbocycles. The molecule has 0 aromatic carbocycles. The second-order valence-electron chi connectivity index (χ2n) is 2.47. The summed E-state index contributed by atoms with van der Waals surface area (Å²) in [5, 5.41) is 11.3. The summed E-state index contributed by atoms with van der Waals surface area (Å²) in [6, 6.07) is 1.74. The van der Waals surface area contributed by atoms with Crippen LogP contribution in [-0.2, 0) is 4.79 Å². The molecule has 0 saturated carbocycles. The van der Waals surface area contributed by atoms with Crippen LogP contribution in [0.25, 0.3) is 0 Å². The minimum Gasteiger partial charge on any atom is -0.340 e. The molecular weight excluding hydrogens is 172 g/mol. The van der Waals surface area contributed by atoms with E-state index in [1.54, 1.807) is 0 Å². The van der Waals surface area contributed by atoms with E-state index in [9.17, 15) is 4.79 Å². The molecule has 0 saturated heterocycles. The van der Waals surface area contributed by atoms with Crippen molar-refractivity contribution < 1.29 is 4.79 Å². The minimum atomic E-state index is -0.311. The quantitative estimate of drug-likeness (QED) is 0.701. The first kappa shape index (κ1) is 11.3. The van der Waals surface area contributed by atoms with Gasteiger partial charge in [-0.25, -0.2) is 0 Å². The van der Waals surface area contributed by atoms with Gasteiger partial charge in [0.15, 0.2) is 0 Å². The number of hydrogen-bond donors (Lipinski definition) is 1. The van der Waals surface area contributed by atoms with E-state index in [-0.39, 0.29) is 11.9 Å². The molecule has 0 bridgehead atoms. The van der Waals surface area contributed by atoms with E-state index < -0.39 is 0 Å². The van der Waals surface area contributed by atoms with Gasteiger partial charge in [0.25, 0.3) is 0 Å². The topological polar surface area (TPSA) is 52.9 Å². The van der Waals surface area contributed by atoms with Crippen LogP contribution in [0, 0.1) is 11.3 Å². The number of thioether (sulfide) groups is 1. The Balaban J connectivity index is 3.71. The zero-order valence-electron chi connectivity index (χ0n) is 7.46. The Morgan fingerprint density at radius 1 is 1.75 bits per heavy atom. The Morgan fingerprint density at radius 2 is 2.42 bits per heavy atom. The van der Waals surface area contributed by atoms with E-state index in [1.807, 2.05) is 13.2 Å². The lowest BCUT2D eigenvalue weighted by atomic mass is 10.2. The molecule has 0 rings (SSSR count). The summed E-state index contributed by atoms with van der Waals surface area (Å²) in [4.78, 5) is 11.0. The average molecular weight is 186 g/mol. The summed E-state index contributed by atoms with van der Waals surface area (Å²) in [5.74, 6) is 0.379. The average Bonchev–Trinajstić information content (AvgIpc) is 2.04. The molecule has 0 aromatic rings. The Hall–Kier alpha value is -0.690. The van der Waals surface area contributed by atoms with Crippen molar-refractivity contribution in [2.45, 2.75) is 25.8 Å². The minimum absolute atomic E-state index is 0.0532. The van der Waals surface area contributed by atoms with Gasteiger partial charge in [0.2, 0.25) is 5.91 Å². The van der Waals surface area contributed by atoms with Crippen molar-refractivity contribution in [2.24, 2.45) is 0 Å². The Labute approximate surface area is 77.5 Å². The van der Waals surface area contributed by atoms with Crippen LogP contribution in [0.1, 0.15) is 19.8 Å².